The van der Waals surface area contributed by atoms with E-state index in [-0.39, 0.29) is 24.0 Å². The minimum absolute atomic E-state index is 0.0544. The Kier molecular flexibility index (Phi) is 15.9. The predicted molar refractivity (Wildman–Crippen MR) is 94.1 cm³/mol. The maximum Gasteiger partial charge on any atom is 0.341 e. The molecule has 148 valence electrons. The van der Waals surface area contributed by atoms with Crippen LogP contribution in [0.25, 0.3) is 0 Å². The lowest BCUT2D eigenvalue weighted by Gasteiger charge is -2.02. The van der Waals surface area contributed by atoms with E-state index in [0.717, 1.165) is 25.7 Å². The quantitative estimate of drug-likeness (QED) is 0.287. The number of carbonyl (C=O) groups is 4. The van der Waals surface area contributed by atoms with E-state index in [2.05, 4.69) is 24.8 Å². The maximum absolute atomic E-state index is 10.9. The van der Waals surface area contributed by atoms with Crippen molar-refractivity contribution < 1.29 is 38.9 Å². The number of carboxylic acid groups (broad SMARTS) is 1. The number of carboxylic acids is 1. The molecule has 0 amide bonds. The van der Waals surface area contributed by atoms with Gasteiger partial charge < -0.3 is 19.7 Å². The number of rotatable bonds is 8. The summed E-state index contributed by atoms with van der Waals surface area (Å²) in [6.45, 7) is 11.2. The molecule has 0 atom stereocenters. The number of ether oxygens (including phenoxy) is 2. The molecule has 2 N–H and O–H groups in total. The Balaban J connectivity index is 0. The van der Waals surface area contributed by atoms with Gasteiger partial charge >= 0.3 is 23.9 Å². The van der Waals surface area contributed by atoms with Gasteiger partial charge in [-0.05, 0) is 12.8 Å². The van der Waals surface area contributed by atoms with Gasteiger partial charge in [-0.25, -0.2) is 9.59 Å². The summed E-state index contributed by atoms with van der Waals surface area (Å²) in [6, 6.07) is 0. The van der Waals surface area contributed by atoms with Crippen molar-refractivity contribution >= 4 is 23.9 Å². The van der Waals surface area contributed by atoms with E-state index in [1.807, 2.05) is 6.92 Å². The Bertz CT molecular complexity index is 487. The van der Waals surface area contributed by atoms with E-state index in [4.69, 9.17) is 14.9 Å². The van der Waals surface area contributed by atoms with Gasteiger partial charge in [0.25, 0.3) is 0 Å². The van der Waals surface area contributed by atoms with Crippen LogP contribution < -0.4 is 0 Å². The molecule has 0 unspecified atom stereocenters. The summed E-state index contributed by atoms with van der Waals surface area (Å²) >= 11 is 0. The van der Waals surface area contributed by atoms with Crippen LogP contribution in [-0.2, 0) is 28.7 Å². The molecule has 1 saturated heterocycles. The van der Waals surface area contributed by atoms with Crippen LogP contribution in [0.2, 0.25) is 0 Å². The smallest absolute Gasteiger partial charge is 0.341 e. The van der Waals surface area contributed by atoms with Crippen molar-refractivity contribution in [2.75, 3.05) is 13.2 Å². The van der Waals surface area contributed by atoms with Gasteiger partial charge in [0.1, 0.15) is 0 Å². The minimum Gasteiger partial charge on any atom is -0.478 e. The molecular formula is C18H28O8. The normalized spacial score (nSPS) is 12.2. The highest BCUT2D eigenvalue weighted by Gasteiger charge is 2.24. The third kappa shape index (κ3) is 15.1. The number of aliphatic hydroxyl groups is 1. The molecule has 8 heteroatoms. The van der Waals surface area contributed by atoms with E-state index in [0.29, 0.717) is 13.2 Å². The van der Waals surface area contributed by atoms with Crippen molar-refractivity contribution in [3.8, 4) is 0 Å². The monoisotopic (exact) mass is 372 g/mol. The number of esters is 3. The summed E-state index contributed by atoms with van der Waals surface area (Å²) < 4.78 is 8.84. The second-order valence-electron chi connectivity index (χ2n) is 5.28. The van der Waals surface area contributed by atoms with Crippen LogP contribution in [0.15, 0.2) is 24.3 Å². The van der Waals surface area contributed by atoms with E-state index in [9.17, 15) is 19.2 Å². The topological polar surface area (TPSA) is 127 Å². The molecule has 0 radical (unpaired) electrons. The molecule has 1 aliphatic heterocycles. The Morgan fingerprint density at radius 3 is 2.04 bits per heavy atom. The van der Waals surface area contributed by atoms with Crippen LogP contribution in [0.5, 0.6) is 0 Å². The van der Waals surface area contributed by atoms with Crippen molar-refractivity contribution in [1.82, 2.24) is 0 Å². The number of hydrogen-bond donors (Lipinski definition) is 2. The predicted octanol–water partition coefficient (Wildman–Crippen LogP) is 2.16. The van der Waals surface area contributed by atoms with E-state index in [1.165, 1.54) is 0 Å². The van der Waals surface area contributed by atoms with E-state index >= 15 is 0 Å². The summed E-state index contributed by atoms with van der Waals surface area (Å²) in [7, 11) is 0. The Hall–Kier alpha value is -2.48. The summed E-state index contributed by atoms with van der Waals surface area (Å²) in [5.74, 6) is -2.77. The molecule has 0 bridgehead atoms. The number of unbranched alkanes of at least 4 members (excludes halogenated alkanes) is 2. The van der Waals surface area contributed by atoms with E-state index < -0.39 is 23.9 Å². The Morgan fingerprint density at radius 1 is 1.19 bits per heavy atom. The van der Waals surface area contributed by atoms with Crippen LogP contribution in [0, 0.1) is 0 Å². The van der Waals surface area contributed by atoms with Crippen LogP contribution in [0.1, 0.15) is 52.4 Å². The van der Waals surface area contributed by atoms with Crippen LogP contribution >= 0.6 is 0 Å². The summed E-state index contributed by atoms with van der Waals surface area (Å²) in [6.07, 6.45) is 3.59. The first-order chi connectivity index (χ1) is 12.2. The van der Waals surface area contributed by atoms with Crippen molar-refractivity contribution in [2.24, 2.45) is 0 Å². The van der Waals surface area contributed by atoms with Crippen molar-refractivity contribution in [3.63, 3.8) is 0 Å². The van der Waals surface area contributed by atoms with Gasteiger partial charge in [-0.15, -0.1) is 0 Å². The van der Waals surface area contributed by atoms with Gasteiger partial charge in [-0.3, -0.25) is 9.59 Å². The lowest BCUT2D eigenvalue weighted by atomic mass is 10.2. The maximum atomic E-state index is 10.9. The number of hydrogen-bond acceptors (Lipinski definition) is 7. The fourth-order valence-electron chi connectivity index (χ4n) is 1.25. The Morgan fingerprint density at radius 2 is 1.77 bits per heavy atom. The zero-order valence-corrected chi connectivity index (χ0v) is 15.4. The minimum atomic E-state index is -1.16. The lowest BCUT2D eigenvalue weighted by Crippen LogP contribution is -2.10. The zero-order chi connectivity index (χ0) is 20.5. The first kappa shape index (κ1) is 25.8. The molecule has 1 heterocycles. The fraction of sp³-hybridized carbons (Fsp3) is 0.556. The molecule has 26 heavy (non-hydrogen) atoms. The van der Waals surface area contributed by atoms with Gasteiger partial charge in [-0.2, -0.15) is 0 Å². The molecule has 0 saturated carbocycles. The average Bonchev–Trinajstić information content (AvgIpc) is 2.85. The third-order valence-electron chi connectivity index (χ3n) is 2.79. The number of aliphatic carboxylic acids is 1. The molecule has 1 fully saturated rings. The molecule has 8 nitrogen and oxygen atoms in total. The first-order valence-corrected chi connectivity index (χ1v) is 8.29. The fourth-order valence-corrected chi connectivity index (χ4v) is 1.25. The number of carbonyl (C=O) groups excluding carboxylic acids is 3. The molecule has 1 rings (SSSR count). The van der Waals surface area contributed by atoms with E-state index in [1.54, 1.807) is 0 Å². The largest absolute Gasteiger partial charge is 0.478 e. The molecule has 0 aromatic heterocycles. The number of cyclic esters (lactones) is 2. The molecule has 0 aromatic carbocycles. The van der Waals surface area contributed by atoms with Gasteiger partial charge in [0, 0.05) is 17.8 Å². The summed E-state index contributed by atoms with van der Waals surface area (Å²) in [5.41, 5.74) is 0.108. The highest BCUT2D eigenvalue weighted by atomic mass is 16.6. The van der Waals surface area contributed by atoms with Crippen molar-refractivity contribution in [2.45, 2.75) is 52.4 Å². The zero-order valence-electron chi connectivity index (χ0n) is 15.4. The highest BCUT2D eigenvalue weighted by molar-refractivity contribution is 6.05. The second-order valence-corrected chi connectivity index (χ2v) is 5.28. The molecular weight excluding hydrogens is 344 g/mol. The molecule has 0 aliphatic carbocycles. The van der Waals surface area contributed by atoms with Gasteiger partial charge in [0.05, 0.1) is 19.4 Å². The molecule has 1 aliphatic rings. The summed E-state index contributed by atoms with van der Waals surface area (Å²) in [4.78, 5) is 41.5. The van der Waals surface area contributed by atoms with Crippen LogP contribution in [0.3, 0.4) is 0 Å². The van der Waals surface area contributed by atoms with Crippen LogP contribution in [0.4, 0.5) is 0 Å². The second kappa shape index (κ2) is 16.0. The molecule has 0 aromatic rings. The van der Waals surface area contributed by atoms with Crippen molar-refractivity contribution in [3.05, 3.63) is 24.3 Å². The van der Waals surface area contributed by atoms with Gasteiger partial charge in [0.15, 0.2) is 0 Å². The van der Waals surface area contributed by atoms with Gasteiger partial charge in [0.2, 0.25) is 0 Å². The third-order valence-corrected chi connectivity index (χ3v) is 2.79. The SMILES string of the molecule is C=C(CC(=O)OCCCC)C(=O)O.C=C1CC(=O)OC1=O.CCCCO. The highest BCUT2D eigenvalue weighted by Crippen LogP contribution is 2.10. The average molecular weight is 372 g/mol. The molecule has 0 spiro atoms. The first-order valence-electron chi connectivity index (χ1n) is 8.29. The summed E-state index contributed by atoms with van der Waals surface area (Å²) in [5, 5.41) is 16.5. The van der Waals surface area contributed by atoms with Gasteiger partial charge in [-0.1, -0.05) is 39.8 Å². The van der Waals surface area contributed by atoms with Crippen molar-refractivity contribution in [1.29, 1.82) is 0 Å². The lowest BCUT2D eigenvalue weighted by molar-refractivity contribution is -0.151. The van der Waals surface area contributed by atoms with Crippen LogP contribution in [-0.4, -0.2) is 47.3 Å². The Labute approximate surface area is 153 Å². The number of aliphatic hydroxyl groups excluding tert-OH is 1. The standard InChI is InChI=1S/C9H14O4.C5H4O3.C4H10O/c1-3-4-5-13-8(10)6-7(2)9(11)12;1-3-2-4(6)8-5(3)7;1-2-3-4-5/h2-6H2,1H3,(H,11,12);1-2H2;5H,2-4H2,1H3.